The minimum atomic E-state index is 0. The van der Waals surface area contributed by atoms with Crippen LogP contribution in [-0.2, 0) is 20.1 Å². The van der Waals surface area contributed by atoms with Gasteiger partial charge in [-0.05, 0) is 25.7 Å². The van der Waals surface area contributed by atoms with Gasteiger partial charge in [0.05, 0.1) is 0 Å². The summed E-state index contributed by atoms with van der Waals surface area (Å²) >= 11 is 0. The van der Waals surface area contributed by atoms with Crippen LogP contribution in [-0.4, -0.2) is 0 Å². The van der Waals surface area contributed by atoms with Gasteiger partial charge in [0.2, 0.25) is 0 Å². The van der Waals surface area contributed by atoms with Crippen molar-refractivity contribution in [3.05, 3.63) is 24.3 Å². The van der Waals surface area contributed by atoms with Crippen LogP contribution in [0.4, 0.5) is 0 Å². The molecule has 0 radical (unpaired) electrons. The van der Waals surface area contributed by atoms with Crippen molar-refractivity contribution >= 4 is 0 Å². The first-order chi connectivity index (χ1) is 4.00. The molecule has 0 aromatic heterocycles. The molecule has 60 valence electrons. The zero-order valence-electron chi connectivity index (χ0n) is 5.85. The second-order valence-electron chi connectivity index (χ2n) is 2.14. The molecule has 0 saturated heterocycles. The Morgan fingerprint density at radius 2 is 1.20 bits per heavy atom. The Hall–Kier alpha value is 0.419. The van der Waals surface area contributed by atoms with Gasteiger partial charge in [-0.3, -0.25) is 0 Å². The third kappa shape index (κ3) is 6.54. The largest absolute Gasteiger partial charge is 1.00 e. The molecular formula is C8H12ClIr. The Labute approximate surface area is 82.5 Å². The minimum Gasteiger partial charge on any atom is -1.00 e. The topological polar surface area (TPSA) is 0 Å². The van der Waals surface area contributed by atoms with Gasteiger partial charge in [0.15, 0.2) is 0 Å². The molecule has 0 unspecified atom stereocenters. The quantitative estimate of drug-likeness (QED) is 0.569. The number of hydrogen-bond acceptors (Lipinski definition) is 0. The van der Waals surface area contributed by atoms with E-state index in [0.717, 1.165) is 0 Å². The molecule has 1 aliphatic carbocycles. The van der Waals surface area contributed by atoms with E-state index in [2.05, 4.69) is 24.3 Å². The SMILES string of the molecule is C1=C\CCCC\C=C/1.[Cl-].[Ir+]. The van der Waals surface area contributed by atoms with Crippen LogP contribution < -0.4 is 12.4 Å². The van der Waals surface area contributed by atoms with E-state index in [9.17, 15) is 0 Å². The Bertz CT molecular complexity index is 93.8. The van der Waals surface area contributed by atoms with E-state index >= 15 is 0 Å². The predicted molar refractivity (Wildman–Crippen MR) is 36.7 cm³/mol. The molecule has 0 heterocycles. The van der Waals surface area contributed by atoms with E-state index in [4.69, 9.17) is 0 Å². The van der Waals surface area contributed by atoms with Crippen molar-refractivity contribution in [3.8, 4) is 0 Å². The van der Waals surface area contributed by atoms with Gasteiger partial charge >= 0.3 is 20.1 Å². The maximum absolute atomic E-state index is 2.23. The third-order valence-corrected chi connectivity index (χ3v) is 1.37. The van der Waals surface area contributed by atoms with Crippen molar-refractivity contribution in [1.82, 2.24) is 0 Å². The first-order valence-corrected chi connectivity index (χ1v) is 3.32. The Kier molecular flexibility index (Phi) is 12.3. The molecule has 0 saturated carbocycles. The van der Waals surface area contributed by atoms with Crippen LogP contribution in [0.3, 0.4) is 0 Å². The standard InChI is InChI=1S/C8H12.ClH.Ir/c1-2-4-6-8-7-5-3-1;;/h1-4H,5-8H2;1H;/q;;+1/p-1/b3-1-,4-2-;;. The van der Waals surface area contributed by atoms with Gasteiger partial charge < -0.3 is 12.4 Å². The molecule has 2 heteroatoms. The van der Waals surface area contributed by atoms with Crippen LogP contribution in [0.1, 0.15) is 25.7 Å². The van der Waals surface area contributed by atoms with Gasteiger partial charge in [0.1, 0.15) is 0 Å². The fourth-order valence-electron chi connectivity index (χ4n) is 0.874. The summed E-state index contributed by atoms with van der Waals surface area (Å²) in [7, 11) is 0. The molecule has 0 bridgehead atoms. The van der Waals surface area contributed by atoms with E-state index in [1.165, 1.54) is 25.7 Å². The maximum Gasteiger partial charge on any atom is 1.00 e. The number of allylic oxidation sites excluding steroid dienone is 4. The molecular weight excluding hydrogens is 324 g/mol. The summed E-state index contributed by atoms with van der Waals surface area (Å²) in [4.78, 5) is 0. The minimum absolute atomic E-state index is 0. The smallest absolute Gasteiger partial charge is 1.00 e. The summed E-state index contributed by atoms with van der Waals surface area (Å²) in [5.74, 6) is 0. The summed E-state index contributed by atoms with van der Waals surface area (Å²) in [6, 6.07) is 0. The Morgan fingerprint density at radius 3 is 1.60 bits per heavy atom. The van der Waals surface area contributed by atoms with Crippen LogP contribution in [0.5, 0.6) is 0 Å². The van der Waals surface area contributed by atoms with E-state index in [1.807, 2.05) is 0 Å². The molecule has 0 aromatic rings. The van der Waals surface area contributed by atoms with Gasteiger partial charge in [-0.25, -0.2) is 0 Å². The van der Waals surface area contributed by atoms with Crippen LogP contribution in [0.15, 0.2) is 24.3 Å². The molecule has 0 N–H and O–H groups in total. The van der Waals surface area contributed by atoms with Gasteiger partial charge in [-0.1, -0.05) is 24.3 Å². The normalized spacial score (nSPS) is 22.4. The summed E-state index contributed by atoms with van der Waals surface area (Å²) in [5.41, 5.74) is 0. The molecule has 0 atom stereocenters. The van der Waals surface area contributed by atoms with Crippen LogP contribution >= 0.6 is 0 Å². The predicted octanol–water partition coefficient (Wildman–Crippen LogP) is -0.326. The molecule has 0 spiro atoms. The van der Waals surface area contributed by atoms with E-state index < -0.39 is 0 Å². The Morgan fingerprint density at radius 1 is 0.800 bits per heavy atom. The molecule has 0 nitrogen and oxygen atoms in total. The van der Waals surface area contributed by atoms with Crippen molar-refractivity contribution in [1.29, 1.82) is 0 Å². The molecule has 0 aliphatic heterocycles. The monoisotopic (exact) mass is 336 g/mol. The molecule has 1 aliphatic rings. The molecule has 10 heavy (non-hydrogen) atoms. The number of rotatable bonds is 0. The number of halogens is 1. The van der Waals surface area contributed by atoms with Crippen molar-refractivity contribution in [2.24, 2.45) is 0 Å². The summed E-state index contributed by atoms with van der Waals surface area (Å²) < 4.78 is 0. The van der Waals surface area contributed by atoms with Crippen molar-refractivity contribution in [3.63, 3.8) is 0 Å². The van der Waals surface area contributed by atoms with Gasteiger partial charge in [0.25, 0.3) is 0 Å². The van der Waals surface area contributed by atoms with E-state index in [0.29, 0.717) is 0 Å². The average Bonchev–Trinajstić information content (AvgIpc) is 1.62. The second-order valence-corrected chi connectivity index (χ2v) is 2.14. The second kappa shape index (κ2) is 9.42. The fraction of sp³-hybridized carbons (Fsp3) is 0.500. The third-order valence-electron chi connectivity index (χ3n) is 1.37. The van der Waals surface area contributed by atoms with Crippen molar-refractivity contribution in [2.45, 2.75) is 25.7 Å². The van der Waals surface area contributed by atoms with Crippen LogP contribution in [0.25, 0.3) is 0 Å². The Balaban J connectivity index is 0. The molecule has 0 amide bonds. The molecule has 0 fully saturated rings. The van der Waals surface area contributed by atoms with E-state index in [-0.39, 0.29) is 32.5 Å². The zero-order valence-corrected chi connectivity index (χ0v) is 9.00. The summed E-state index contributed by atoms with van der Waals surface area (Å²) in [5, 5.41) is 0. The average molecular weight is 336 g/mol. The summed E-state index contributed by atoms with van der Waals surface area (Å²) in [6.07, 6.45) is 14.0. The molecule has 0 aromatic carbocycles. The number of hydrogen-bond donors (Lipinski definition) is 0. The fourth-order valence-corrected chi connectivity index (χ4v) is 0.874. The maximum atomic E-state index is 2.23. The van der Waals surface area contributed by atoms with E-state index in [1.54, 1.807) is 0 Å². The first kappa shape index (κ1) is 13.0. The molecule has 1 rings (SSSR count). The van der Waals surface area contributed by atoms with Gasteiger partial charge in [0, 0.05) is 0 Å². The van der Waals surface area contributed by atoms with Crippen molar-refractivity contribution in [2.75, 3.05) is 0 Å². The van der Waals surface area contributed by atoms with Crippen LogP contribution in [0.2, 0.25) is 0 Å². The summed E-state index contributed by atoms with van der Waals surface area (Å²) in [6.45, 7) is 0. The van der Waals surface area contributed by atoms with Crippen molar-refractivity contribution < 1.29 is 32.5 Å². The van der Waals surface area contributed by atoms with Gasteiger partial charge in [-0.2, -0.15) is 0 Å². The van der Waals surface area contributed by atoms with Gasteiger partial charge in [-0.15, -0.1) is 0 Å². The zero-order chi connectivity index (χ0) is 5.66. The first-order valence-electron chi connectivity index (χ1n) is 3.32. The van der Waals surface area contributed by atoms with Crippen LogP contribution in [0, 0.1) is 0 Å².